The fourth-order valence-electron chi connectivity index (χ4n) is 2.68. The molecule has 1 saturated heterocycles. The second kappa shape index (κ2) is 6.72. The van der Waals surface area contributed by atoms with Gasteiger partial charge >= 0.3 is 0 Å². The van der Waals surface area contributed by atoms with Gasteiger partial charge in [-0.3, -0.25) is 4.79 Å². The maximum absolute atomic E-state index is 12.8. The lowest BCUT2D eigenvalue weighted by Crippen LogP contribution is -2.48. The SMILES string of the molecule is NC(=O)c1sccc1S(=O)(=O)N1CCN(c2cccc(Cl)c2)CC1. The van der Waals surface area contributed by atoms with Crippen molar-refractivity contribution in [3.63, 3.8) is 0 Å². The van der Waals surface area contributed by atoms with E-state index in [1.807, 2.05) is 18.2 Å². The standard InChI is InChI=1S/C15H16ClN3O3S2/c16-11-2-1-3-12(10-11)18-5-7-19(8-6-18)24(21,22)13-4-9-23-14(13)15(17)20/h1-4,9-10H,5-8H2,(H2,17,20). The van der Waals surface area contributed by atoms with Crippen LogP contribution in [-0.4, -0.2) is 44.8 Å². The van der Waals surface area contributed by atoms with Gasteiger partial charge in [0, 0.05) is 36.9 Å². The molecule has 1 aliphatic rings. The summed E-state index contributed by atoms with van der Waals surface area (Å²) in [5.74, 6) is -0.721. The van der Waals surface area contributed by atoms with Crippen molar-refractivity contribution in [2.75, 3.05) is 31.1 Å². The van der Waals surface area contributed by atoms with Crippen LogP contribution in [0.2, 0.25) is 5.02 Å². The number of anilines is 1. The molecule has 24 heavy (non-hydrogen) atoms. The summed E-state index contributed by atoms with van der Waals surface area (Å²) in [6.07, 6.45) is 0. The van der Waals surface area contributed by atoms with Gasteiger partial charge in [-0.05, 0) is 29.6 Å². The van der Waals surface area contributed by atoms with E-state index in [-0.39, 0.29) is 9.77 Å². The number of benzene rings is 1. The Balaban J connectivity index is 1.76. The van der Waals surface area contributed by atoms with Gasteiger partial charge in [-0.25, -0.2) is 8.42 Å². The Morgan fingerprint density at radius 2 is 1.88 bits per heavy atom. The molecule has 0 aliphatic carbocycles. The van der Waals surface area contributed by atoms with Crippen LogP contribution < -0.4 is 10.6 Å². The van der Waals surface area contributed by atoms with Crippen LogP contribution in [0.1, 0.15) is 9.67 Å². The number of hydrogen-bond donors (Lipinski definition) is 1. The molecule has 0 radical (unpaired) electrons. The van der Waals surface area contributed by atoms with E-state index in [0.29, 0.717) is 31.2 Å². The van der Waals surface area contributed by atoms with Crippen molar-refractivity contribution in [1.29, 1.82) is 0 Å². The highest BCUT2D eigenvalue weighted by molar-refractivity contribution is 7.89. The minimum Gasteiger partial charge on any atom is -0.369 e. The van der Waals surface area contributed by atoms with Gasteiger partial charge in [0.1, 0.15) is 9.77 Å². The van der Waals surface area contributed by atoms with E-state index >= 15 is 0 Å². The first kappa shape index (κ1) is 17.2. The van der Waals surface area contributed by atoms with E-state index in [2.05, 4.69) is 4.90 Å². The molecule has 2 aromatic rings. The average molecular weight is 386 g/mol. The van der Waals surface area contributed by atoms with Crippen LogP contribution in [0, 0.1) is 0 Å². The molecule has 0 spiro atoms. The third-order valence-electron chi connectivity index (χ3n) is 3.88. The van der Waals surface area contributed by atoms with E-state index in [9.17, 15) is 13.2 Å². The van der Waals surface area contributed by atoms with Crippen molar-refractivity contribution in [3.05, 3.63) is 45.6 Å². The number of carbonyl (C=O) groups is 1. The van der Waals surface area contributed by atoms with Gasteiger partial charge in [-0.2, -0.15) is 4.31 Å². The number of primary amides is 1. The quantitative estimate of drug-likeness (QED) is 0.872. The summed E-state index contributed by atoms with van der Waals surface area (Å²) < 4.78 is 26.9. The average Bonchev–Trinajstić information content (AvgIpc) is 3.06. The zero-order valence-corrected chi connectivity index (χ0v) is 15.1. The van der Waals surface area contributed by atoms with Crippen molar-refractivity contribution in [2.24, 2.45) is 5.73 Å². The molecule has 0 bridgehead atoms. The maximum atomic E-state index is 12.8. The molecule has 1 aliphatic heterocycles. The first-order valence-corrected chi connectivity index (χ1v) is 9.97. The zero-order valence-electron chi connectivity index (χ0n) is 12.7. The third kappa shape index (κ3) is 3.27. The number of piperazine rings is 1. The summed E-state index contributed by atoms with van der Waals surface area (Å²) in [5, 5.41) is 2.21. The number of hydrogen-bond acceptors (Lipinski definition) is 5. The van der Waals surface area contributed by atoms with Crippen molar-refractivity contribution in [1.82, 2.24) is 4.31 Å². The van der Waals surface area contributed by atoms with Crippen LogP contribution in [0.15, 0.2) is 40.6 Å². The van der Waals surface area contributed by atoms with Gasteiger partial charge in [0.15, 0.2) is 0 Å². The second-order valence-corrected chi connectivity index (χ2v) is 8.61. The molecule has 1 aromatic heterocycles. The molecule has 128 valence electrons. The van der Waals surface area contributed by atoms with E-state index in [4.69, 9.17) is 17.3 Å². The lowest BCUT2D eigenvalue weighted by molar-refractivity contribution is 0.100. The van der Waals surface area contributed by atoms with Gasteiger partial charge in [0.05, 0.1) is 0 Å². The summed E-state index contributed by atoms with van der Waals surface area (Å²) in [4.78, 5) is 13.6. The highest BCUT2D eigenvalue weighted by Gasteiger charge is 2.32. The lowest BCUT2D eigenvalue weighted by atomic mass is 10.2. The predicted octanol–water partition coefficient (Wildman–Crippen LogP) is 2.01. The van der Waals surface area contributed by atoms with Crippen molar-refractivity contribution in [3.8, 4) is 0 Å². The normalized spacial score (nSPS) is 16.3. The fourth-order valence-corrected chi connectivity index (χ4v) is 5.55. The summed E-state index contributed by atoms with van der Waals surface area (Å²) in [6.45, 7) is 1.77. The number of halogens is 1. The second-order valence-electron chi connectivity index (χ2n) is 5.35. The summed E-state index contributed by atoms with van der Waals surface area (Å²) >= 11 is 7.05. The summed E-state index contributed by atoms with van der Waals surface area (Å²) in [6, 6.07) is 8.90. The monoisotopic (exact) mass is 385 g/mol. The largest absolute Gasteiger partial charge is 0.369 e. The lowest BCUT2D eigenvalue weighted by Gasteiger charge is -2.35. The van der Waals surface area contributed by atoms with Crippen molar-refractivity contribution in [2.45, 2.75) is 4.90 Å². The summed E-state index contributed by atoms with van der Waals surface area (Å²) in [5.41, 5.74) is 6.23. The minimum atomic E-state index is -3.72. The van der Waals surface area contributed by atoms with Crippen LogP contribution in [0.25, 0.3) is 0 Å². The Bertz CT molecular complexity index is 858. The van der Waals surface area contributed by atoms with Gasteiger partial charge in [-0.1, -0.05) is 17.7 Å². The van der Waals surface area contributed by atoms with Crippen molar-refractivity contribution < 1.29 is 13.2 Å². The Labute approximate surface area is 149 Å². The molecule has 9 heteroatoms. The highest BCUT2D eigenvalue weighted by atomic mass is 35.5. The van der Waals surface area contributed by atoms with E-state index in [1.165, 1.54) is 10.4 Å². The minimum absolute atomic E-state index is 0.00351. The van der Waals surface area contributed by atoms with E-state index < -0.39 is 15.9 Å². The Hall–Kier alpha value is -1.61. The zero-order chi connectivity index (χ0) is 17.3. The molecular weight excluding hydrogens is 370 g/mol. The van der Waals surface area contributed by atoms with Crippen LogP contribution in [0.3, 0.4) is 0 Å². The van der Waals surface area contributed by atoms with Gasteiger partial charge in [0.25, 0.3) is 5.91 Å². The highest BCUT2D eigenvalue weighted by Crippen LogP contribution is 2.27. The van der Waals surface area contributed by atoms with E-state index in [1.54, 1.807) is 11.4 Å². The molecule has 0 atom stereocenters. The van der Waals surface area contributed by atoms with Gasteiger partial charge < -0.3 is 10.6 Å². The first-order chi connectivity index (χ1) is 11.4. The Morgan fingerprint density at radius 3 is 2.50 bits per heavy atom. The molecule has 1 amide bonds. The molecule has 2 heterocycles. The fraction of sp³-hybridized carbons (Fsp3) is 0.267. The molecule has 1 aromatic carbocycles. The number of carbonyl (C=O) groups excluding carboxylic acids is 1. The number of rotatable bonds is 4. The molecule has 0 saturated carbocycles. The topological polar surface area (TPSA) is 83.7 Å². The maximum Gasteiger partial charge on any atom is 0.260 e. The Kier molecular flexibility index (Phi) is 4.82. The first-order valence-electron chi connectivity index (χ1n) is 7.27. The molecule has 0 unspecified atom stereocenters. The Morgan fingerprint density at radius 1 is 1.17 bits per heavy atom. The molecular formula is C15H16ClN3O3S2. The molecule has 2 N–H and O–H groups in total. The smallest absolute Gasteiger partial charge is 0.260 e. The van der Waals surface area contributed by atoms with Crippen LogP contribution in [0.5, 0.6) is 0 Å². The number of nitrogens with zero attached hydrogens (tertiary/aromatic N) is 2. The number of thiophene rings is 1. The van der Waals surface area contributed by atoms with Crippen LogP contribution in [0.4, 0.5) is 5.69 Å². The van der Waals surface area contributed by atoms with Crippen LogP contribution in [-0.2, 0) is 10.0 Å². The number of amides is 1. The van der Waals surface area contributed by atoms with Crippen LogP contribution >= 0.6 is 22.9 Å². The van der Waals surface area contributed by atoms with Crippen molar-refractivity contribution >= 4 is 44.6 Å². The molecule has 1 fully saturated rings. The molecule has 6 nitrogen and oxygen atoms in total. The van der Waals surface area contributed by atoms with Gasteiger partial charge in [0.2, 0.25) is 10.0 Å². The number of nitrogens with two attached hydrogens (primary N) is 1. The predicted molar refractivity (Wildman–Crippen MR) is 95.3 cm³/mol. The third-order valence-corrected chi connectivity index (χ3v) is 7.12. The van der Waals surface area contributed by atoms with Gasteiger partial charge in [-0.15, -0.1) is 11.3 Å². The van der Waals surface area contributed by atoms with E-state index in [0.717, 1.165) is 17.0 Å². The summed E-state index contributed by atoms with van der Waals surface area (Å²) in [7, 11) is -3.72. The molecule has 3 rings (SSSR count). The number of sulfonamides is 1.